The summed E-state index contributed by atoms with van der Waals surface area (Å²) < 4.78 is 33.8. The van der Waals surface area contributed by atoms with Crippen LogP contribution in [0.5, 0.6) is 5.75 Å². The van der Waals surface area contributed by atoms with Crippen molar-refractivity contribution < 1.29 is 17.9 Å². The predicted octanol–water partition coefficient (Wildman–Crippen LogP) is 3.89. The number of amides is 1. The van der Waals surface area contributed by atoms with Crippen LogP contribution in [0.4, 0.5) is 0 Å². The van der Waals surface area contributed by atoms with E-state index in [0.29, 0.717) is 25.3 Å². The Labute approximate surface area is 190 Å². The first-order valence-electron chi connectivity index (χ1n) is 10.4. The Bertz CT molecular complexity index is 931. The Kier molecular flexibility index (Phi) is 10.4. The molecule has 0 bridgehead atoms. The molecule has 0 heterocycles. The van der Waals surface area contributed by atoms with Gasteiger partial charge in [0.25, 0.3) is 0 Å². The average Bonchev–Trinajstić information content (AvgIpc) is 2.75. The number of nitrogens with one attached hydrogen (secondary N) is 2. The van der Waals surface area contributed by atoms with E-state index in [9.17, 15) is 13.2 Å². The predicted molar refractivity (Wildman–Crippen MR) is 127 cm³/mol. The van der Waals surface area contributed by atoms with Crippen molar-refractivity contribution in [1.29, 1.82) is 0 Å². The molecule has 31 heavy (non-hydrogen) atoms. The molecule has 0 aliphatic heterocycles. The summed E-state index contributed by atoms with van der Waals surface area (Å²) in [5, 5.41) is 2.85. The molecule has 1 atom stereocenters. The van der Waals surface area contributed by atoms with Crippen molar-refractivity contribution in [3.8, 4) is 5.75 Å². The number of hydrogen-bond donors (Lipinski definition) is 2. The fraction of sp³-hybridized carbons (Fsp3) is 0.435. The number of ether oxygens (including phenoxy) is 1. The van der Waals surface area contributed by atoms with Crippen molar-refractivity contribution in [2.45, 2.75) is 50.6 Å². The van der Waals surface area contributed by atoms with E-state index in [1.54, 1.807) is 36.0 Å². The Morgan fingerprint density at radius 2 is 1.90 bits per heavy atom. The first-order valence-corrected chi connectivity index (χ1v) is 13.3. The van der Waals surface area contributed by atoms with Gasteiger partial charge in [-0.15, -0.1) is 0 Å². The second-order valence-corrected chi connectivity index (χ2v) is 10.0. The molecule has 0 radical (unpaired) electrons. The highest BCUT2D eigenvalue weighted by molar-refractivity contribution is 7.98. The molecule has 1 amide bonds. The Morgan fingerprint density at radius 3 is 2.58 bits per heavy atom. The monoisotopic (exact) mass is 464 g/mol. The number of hydrogen-bond acceptors (Lipinski definition) is 5. The summed E-state index contributed by atoms with van der Waals surface area (Å²) in [5.41, 5.74) is 1.86. The van der Waals surface area contributed by atoms with Crippen molar-refractivity contribution in [3.05, 3.63) is 59.7 Å². The van der Waals surface area contributed by atoms with Crippen LogP contribution in [-0.4, -0.2) is 39.0 Å². The summed E-state index contributed by atoms with van der Waals surface area (Å²) in [7, 11) is -3.79. The molecular weight excluding hydrogens is 432 g/mol. The fourth-order valence-electron chi connectivity index (χ4n) is 2.84. The second-order valence-electron chi connectivity index (χ2n) is 7.34. The number of carbonyl (C=O) groups is 1. The molecule has 0 saturated heterocycles. The van der Waals surface area contributed by atoms with Crippen LogP contribution in [0, 0.1) is 6.92 Å². The highest BCUT2D eigenvalue weighted by Crippen LogP contribution is 2.15. The van der Waals surface area contributed by atoms with Crippen LogP contribution < -0.4 is 14.8 Å². The molecule has 2 N–H and O–H groups in total. The molecule has 0 aliphatic carbocycles. The molecule has 1 unspecified atom stereocenters. The maximum atomic E-state index is 12.8. The van der Waals surface area contributed by atoms with Crippen molar-refractivity contribution in [1.82, 2.24) is 10.0 Å². The molecular formula is C23H32N2O4S2. The number of sulfonamides is 1. The Balaban J connectivity index is 2.02. The summed E-state index contributed by atoms with van der Waals surface area (Å²) in [6.07, 6.45) is 4.37. The minimum absolute atomic E-state index is 0.150. The minimum atomic E-state index is -3.79. The molecule has 2 aromatic carbocycles. The lowest BCUT2D eigenvalue weighted by Crippen LogP contribution is -2.46. The fourth-order valence-corrected chi connectivity index (χ4v) is 4.55. The van der Waals surface area contributed by atoms with Gasteiger partial charge in [0.05, 0.1) is 11.5 Å². The summed E-state index contributed by atoms with van der Waals surface area (Å²) in [6, 6.07) is 13.3. The van der Waals surface area contributed by atoms with E-state index in [1.807, 2.05) is 37.4 Å². The molecule has 8 heteroatoms. The van der Waals surface area contributed by atoms with E-state index in [2.05, 4.69) is 17.0 Å². The summed E-state index contributed by atoms with van der Waals surface area (Å²) in [4.78, 5) is 13.0. The van der Waals surface area contributed by atoms with E-state index in [-0.39, 0.29) is 10.8 Å². The molecule has 0 spiro atoms. The zero-order valence-electron chi connectivity index (χ0n) is 18.4. The summed E-state index contributed by atoms with van der Waals surface area (Å²) in [5.74, 6) is 1.08. The lowest BCUT2D eigenvalue weighted by molar-refractivity contribution is -0.122. The van der Waals surface area contributed by atoms with Gasteiger partial charge in [0.15, 0.2) is 0 Å². The van der Waals surface area contributed by atoms with Crippen LogP contribution in [0.1, 0.15) is 37.3 Å². The van der Waals surface area contributed by atoms with Crippen molar-refractivity contribution in [3.63, 3.8) is 0 Å². The highest BCUT2D eigenvalue weighted by Gasteiger charge is 2.25. The SMILES string of the molecule is CCCCOc1cccc(CNC(=O)C(CCSC)NS(=O)(=O)c2ccc(C)cc2)c1. The molecule has 0 aromatic heterocycles. The molecule has 2 aromatic rings. The zero-order chi connectivity index (χ0) is 22.7. The summed E-state index contributed by atoms with van der Waals surface area (Å²) >= 11 is 1.57. The third kappa shape index (κ3) is 8.55. The largest absolute Gasteiger partial charge is 0.494 e. The van der Waals surface area contributed by atoms with Gasteiger partial charge in [-0.3, -0.25) is 4.79 Å². The third-order valence-electron chi connectivity index (χ3n) is 4.69. The van der Waals surface area contributed by atoms with E-state index < -0.39 is 16.1 Å². The Morgan fingerprint density at radius 1 is 1.16 bits per heavy atom. The molecule has 0 saturated carbocycles. The number of carbonyl (C=O) groups excluding carboxylic acids is 1. The molecule has 2 rings (SSSR count). The van der Waals surface area contributed by atoms with Gasteiger partial charge in [-0.1, -0.05) is 43.2 Å². The van der Waals surface area contributed by atoms with Crippen molar-refractivity contribution >= 4 is 27.7 Å². The van der Waals surface area contributed by atoms with Gasteiger partial charge >= 0.3 is 0 Å². The van der Waals surface area contributed by atoms with Gasteiger partial charge < -0.3 is 10.1 Å². The van der Waals surface area contributed by atoms with E-state index in [0.717, 1.165) is 29.7 Å². The quantitative estimate of drug-likeness (QED) is 0.439. The van der Waals surface area contributed by atoms with Gasteiger partial charge in [-0.2, -0.15) is 16.5 Å². The zero-order valence-corrected chi connectivity index (χ0v) is 20.0. The smallest absolute Gasteiger partial charge is 0.241 e. The van der Waals surface area contributed by atoms with Crippen molar-refractivity contribution in [2.75, 3.05) is 18.6 Å². The lowest BCUT2D eigenvalue weighted by Gasteiger charge is -2.18. The molecule has 0 fully saturated rings. The number of unbranched alkanes of at least 4 members (excludes halogenated alkanes) is 1. The second kappa shape index (κ2) is 12.7. The van der Waals surface area contributed by atoms with Crippen LogP contribution in [0.25, 0.3) is 0 Å². The van der Waals surface area contributed by atoms with Crippen molar-refractivity contribution in [2.24, 2.45) is 0 Å². The van der Waals surface area contributed by atoms with E-state index >= 15 is 0 Å². The van der Waals surface area contributed by atoms with E-state index in [4.69, 9.17) is 4.74 Å². The summed E-state index contributed by atoms with van der Waals surface area (Å²) in [6.45, 7) is 4.95. The van der Waals surface area contributed by atoms with Crippen LogP contribution in [0.2, 0.25) is 0 Å². The van der Waals surface area contributed by atoms with Gasteiger partial charge in [-0.05, 0) is 61.6 Å². The van der Waals surface area contributed by atoms with Crippen LogP contribution >= 0.6 is 11.8 Å². The lowest BCUT2D eigenvalue weighted by atomic mass is 10.2. The molecule has 170 valence electrons. The van der Waals surface area contributed by atoms with Crippen LogP contribution in [0.3, 0.4) is 0 Å². The van der Waals surface area contributed by atoms with Gasteiger partial charge in [0, 0.05) is 6.54 Å². The standard InChI is InChI=1S/C23H32N2O4S2/c1-4-5-14-29-20-8-6-7-19(16-20)17-24-23(26)22(13-15-30-3)25-31(27,28)21-11-9-18(2)10-12-21/h6-12,16,22,25H,4-5,13-15,17H2,1-3H3,(H,24,26). The first-order chi connectivity index (χ1) is 14.9. The Hall–Kier alpha value is -2.03. The third-order valence-corrected chi connectivity index (χ3v) is 6.82. The average molecular weight is 465 g/mol. The molecule has 0 aliphatic rings. The van der Waals surface area contributed by atoms with Gasteiger partial charge in [-0.25, -0.2) is 8.42 Å². The topological polar surface area (TPSA) is 84.5 Å². The number of aryl methyl sites for hydroxylation is 1. The van der Waals surface area contributed by atoms with E-state index in [1.165, 1.54) is 0 Å². The highest BCUT2D eigenvalue weighted by atomic mass is 32.2. The maximum Gasteiger partial charge on any atom is 0.241 e. The maximum absolute atomic E-state index is 12.8. The van der Waals surface area contributed by atoms with Crippen LogP contribution in [-0.2, 0) is 21.4 Å². The number of thioether (sulfide) groups is 1. The number of rotatable bonds is 13. The first kappa shape index (κ1) is 25.2. The molecule has 6 nitrogen and oxygen atoms in total. The number of benzene rings is 2. The van der Waals surface area contributed by atoms with Gasteiger partial charge in [0.1, 0.15) is 11.8 Å². The minimum Gasteiger partial charge on any atom is -0.494 e. The van der Waals surface area contributed by atoms with Gasteiger partial charge in [0.2, 0.25) is 15.9 Å². The van der Waals surface area contributed by atoms with Crippen LogP contribution in [0.15, 0.2) is 53.4 Å². The normalized spacial score (nSPS) is 12.4.